The lowest BCUT2D eigenvalue weighted by Crippen LogP contribution is -2.20. The first-order chi connectivity index (χ1) is 9.81. The Hall–Kier alpha value is -1.92. The van der Waals surface area contributed by atoms with Gasteiger partial charge in [0.2, 0.25) is 0 Å². The number of H-pyrrole nitrogens is 1. The maximum Gasteiger partial charge on any atom is 0.272 e. The summed E-state index contributed by atoms with van der Waals surface area (Å²) in [5.74, 6) is 0. The number of nitrogens with one attached hydrogen (secondary N) is 2. The summed E-state index contributed by atoms with van der Waals surface area (Å²) in [5, 5.41) is 8.51. The average molecular weight is 286 g/mol. The third kappa shape index (κ3) is 1.88. The van der Waals surface area contributed by atoms with Gasteiger partial charge in [-0.15, -0.1) is 11.3 Å². The van der Waals surface area contributed by atoms with Gasteiger partial charge in [-0.25, -0.2) is 9.50 Å². The molecule has 3 aromatic rings. The standard InChI is InChI=1S/C14H14N4OS/c19-14-8-10(9-3-1-5-15-9)16-13-7-11(17-18(13)14)12-4-2-6-20-12/h2,4,6-9,15,17H,1,3,5H2. The molecule has 0 amide bonds. The monoisotopic (exact) mass is 286 g/mol. The number of fused-ring (bicyclic) bond motifs is 1. The zero-order valence-corrected chi connectivity index (χ0v) is 11.6. The molecule has 1 atom stereocenters. The van der Waals surface area contributed by atoms with Crippen molar-refractivity contribution in [3.05, 3.63) is 45.7 Å². The second-order valence-electron chi connectivity index (χ2n) is 5.01. The number of thiophene rings is 1. The van der Waals surface area contributed by atoms with Crippen LogP contribution < -0.4 is 10.9 Å². The largest absolute Gasteiger partial charge is 0.309 e. The first kappa shape index (κ1) is 11.9. The third-order valence-corrected chi connectivity index (χ3v) is 4.58. The number of hydrogen-bond acceptors (Lipinski definition) is 4. The summed E-state index contributed by atoms with van der Waals surface area (Å²) in [6, 6.07) is 7.80. The van der Waals surface area contributed by atoms with Crippen molar-refractivity contribution in [3.8, 4) is 10.6 Å². The Kier molecular flexibility index (Phi) is 2.71. The topological polar surface area (TPSA) is 62.2 Å². The summed E-state index contributed by atoms with van der Waals surface area (Å²) in [5.41, 5.74) is 2.41. The highest BCUT2D eigenvalue weighted by molar-refractivity contribution is 7.13. The zero-order valence-electron chi connectivity index (χ0n) is 10.8. The van der Waals surface area contributed by atoms with Gasteiger partial charge in [0.05, 0.1) is 16.3 Å². The minimum Gasteiger partial charge on any atom is -0.309 e. The normalized spacial score (nSPS) is 18.9. The molecule has 4 heterocycles. The van der Waals surface area contributed by atoms with Gasteiger partial charge in [-0.3, -0.25) is 9.89 Å². The van der Waals surface area contributed by atoms with E-state index in [-0.39, 0.29) is 11.6 Å². The lowest BCUT2D eigenvalue weighted by atomic mass is 10.1. The van der Waals surface area contributed by atoms with Crippen molar-refractivity contribution in [1.29, 1.82) is 0 Å². The van der Waals surface area contributed by atoms with Crippen LogP contribution in [0.25, 0.3) is 16.2 Å². The van der Waals surface area contributed by atoms with E-state index in [9.17, 15) is 4.79 Å². The van der Waals surface area contributed by atoms with Gasteiger partial charge in [-0.2, -0.15) is 0 Å². The number of rotatable bonds is 2. The molecular formula is C14H14N4OS. The quantitative estimate of drug-likeness (QED) is 0.759. The Morgan fingerprint density at radius 2 is 2.35 bits per heavy atom. The molecule has 3 aromatic heterocycles. The van der Waals surface area contributed by atoms with Crippen molar-refractivity contribution in [2.75, 3.05) is 6.54 Å². The molecule has 4 rings (SSSR count). The maximum absolute atomic E-state index is 12.2. The van der Waals surface area contributed by atoms with Crippen molar-refractivity contribution < 1.29 is 0 Å². The number of hydrogen-bond donors (Lipinski definition) is 2. The molecule has 0 aromatic carbocycles. The highest BCUT2D eigenvalue weighted by atomic mass is 32.1. The minimum absolute atomic E-state index is 0.0542. The second-order valence-corrected chi connectivity index (χ2v) is 5.96. The average Bonchev–Trinajstić information content (AvgIpc) is 3.19. The van der Waals surface area contributed by atoms with Gasteiger partial charge in [0.1, 0.15) is 0 Å². The van der Waals surface area contributed by atoms with Gasteiger partial charge in [0.15, 0.2) is 5.65 Å². The predicted octanol–water partition coefficient (Wildman–Crippen LogP) is 2.18. The van der Waals surface area contributed by atoms with Crippen LogP contribution in [0, 0.1) is 0 Å². The first-order valence-electron chi connectivity index (χ1n) is 6.71. The number of aromatic amines is 1. The van der Waals surface area contributed by atoms with Crippen molar-refractivity contribution in [2.24, 2.45) is 0 Å². The van der Waals surface area contributed by atoms with Crippen LogP contribution in [0.15, 0.2) is 34.4 Å². The molecular weight excluding hydrogens is 272 g/mol. The van der Waals surface area contributed by atoms with Crippen LogP contribution in [0.2, 0.25) is 0 Å². The van der Waals surface area contributed by atoms with Crippen molar-refractivity contribution in [1.82, 2.24) is 19.9 Å². The van der Waals surface area contributed by atoms with E-state index in [1.807, 2.05) is 23.6 Å². The summed E-state index contributed by atoms with van der Waals surface area (Å²) in [6.07, 6.45) is 2.18. The van der Waals surface area contributed by atoms with E-state index < -0.39 is 0 Å². The smallest absolute Gasteiger partial charge is 0.272 e. The van der Waals surface area contributed by atoms with Crippen LogP contribution in [0.1, 0.15) is 24.6 Å². The van der Waals surface area contributed by atoms with Gasteiger partial charge < -0.3 is 5.32 Å². The molecule has 0 radical (unpaired) electrons. The lowest BCUT2D eigenvalue weighted by molar-refractivity contribution is 0.625. The fourth-order valence-corrected chi connectivity index (χ4v) is 3.38. The van der Waals surface area contributed by atoms with Gasteiger partial charge >= 0.3 is 0 Å². The molecule has 0 aliphatic carbocycles. The maximum atomic E-state index is 12.2. The summed E-state index contributed by atoms with van der Waals surface area (Å²) < 4.78 is 1.51. The van der Waals surface area contributed by atoms with Crippen molar-refractivity contribution in [2.45, 2.75) is 18.9 Å². The molecule has 20 heavy (non-hydrogen) atoms. The van der Waals surface area contributed by atoms with Gasteiger partial charge in [-0.1, -0.05) is 6.07 Å². The van der Waals surface area contributed by atoms with Crippen LogP contribution in [-0.4, -0.2) is 21.1 Å². The molecule has 2 N–H and O–H groups in total. The lowest BCUT2D eigenvalue weighted by Gasteiger charge is -2.08. The summed E-state index contributed by atoms with van der Waals surface area (Å²) in [7, 11) is 0. The van der Waals surface area contributed by atoms with Crippen LogP contribution in [0.5, 0.6) is 0 Å². The van der Waals surface area contributed by atoms with Crippen LogP contribution in [0.3, 0.4) is 0 Å². The van der Waals surface area contributed by atoms with E-state index in [0.717, 1.165) is 35.7 Å². The third-order valence-electron chi connectivity index (χ3n) is 3.67. The summed E-state index contributed by atoms with van der Waals surface area (Å²) >= 11 is 1.64. The predicted molar refractivity (Wildman–Crippen MR) is 79.1 cm³/mol. The first-order valence-corrected chi connectivity index (χ1v) is 7.59. The Labute approximate surface area is 119 Å². The molecule has 1 unspecified atom stereocenters. The fraction of sp³-hybridized carbons (Fsp3) is 0.286. The van der Waals surface area contributed by atoms with Crippen molar-refractivity contribution >= 4 is 17.0 Å². The van der Waals surface area contributed by atoms with Crippen molar-refractivity contribution in [3.63, 3.8) is 0 Å². The molecule has 6 heteroatoms. The van der Waals surface area contributed by atoms with E-state index in [0.29, 0.717) is 5.65 Å². The highest BCUT2D eigenvalue weighted by Crippen LogP contribution is 2.25. The molecule has 5 nitrogen and oxygen atoms in total. The van der Waals surface area contributed by atoms with Gasteiger partial charge in [0, 0.05) is 18.2 Å². The molecule has 1 aliphatic heterocycles. The number of aromatic nitrogens is 3. The Morgan fingerprint density at radius 3 is 3.10 bits per heavy atom. The minimum atomic E-state index is -0.0542. The fourth-order valence-electron chi connectivity index (χ4n) is 2.68. The zero-order chi connectivity index (χ0) is 13.5. The van der Waals surface area contributed by atoms with Gasteiger partial charge in [0.25, 0.3) is 5.56 Å². The second kappa shape index (κ2) is 4.57. The Morgan fingerprint density at radius 1 is 1.40 bits per heavy atom. The summed E-state index contributed by atoms with van der Waals surface area (Å²) in [4.78, 5) is 17.9. The molecule has 1 aliphatic rings. The molecule has 102 valence electrons. The van der Waals surface area contributed by atoms with E-state index in [1.54, 1.807) is 17.4 Å². The van der Waals surface area contributed by atoms with E-state index in [2.05, 4.69) is 15.4 Å². The molecule has 0 saturated carbocycles. The van der Waals surface area contributed by atoms with E-state index >= 15 is 0 Å². The van der Waals surface area contributed by atoms with Crippen LogP contribution in [-0.2, 0) is 0 Å². The van der Waals surface area contributed by atoms with Crippen LogP contribution >= 0.6 is 11.3 Å². The van der Waals surface area contributed by atoms with Crippen LogP contribution in [0.4, 0.5) is 0 Å². The Bertz CT molecular complexity index is 796. The summed E-state index contributed by atoms with van der Waals surface area (Å²) in [6.45, 7) is 0.999. The highest BCUT2D eigenvalue weighted by Gasteiger charge is 2.19. The SMILES string of the molecule is O=c1cc(C2CCCN2)nc2cc(-c3cccs3)[nH]n12. The molecule has 1 fully saturated rings. The van der Waals surface area contributed by atoms with Gasteiger partial charge in [-0.05, 0) is 30.8 Å². The van der Waals surface area contributed by atoms with E-state index in [4.69, 9.17) is 0 Å². The Balaban J connectivity index is 1.85. The molecule has 0 spiro atoms. The molecule has 1 saturated heterocycles. The van der Waals surface area contributed by atoms with E-state index in [1.165, 1.54) is 4.52 Å². The molecule has 0 bridgehead atoms. The number of nitrogens with zero attached hydrogens (tertiary/aromatic N) is 2.